The Bertz CT molecular complexity index is 667. The van der Waals surface area contributed by atoms with Crippen LogP contribution in [-0.2, 0) is 16.1 Å². The molecule has 1 saturated heterocycles. The lowest BCUT2D eigenvalue weighted by Gasteiger charge is -2.34. The second kappa shape index (κ2) is 7.37. The number of likely N-dealkylation sites (tertiary alicyclic amines) is 1. The van der Waals surface area contributed by atoms with Gasteiger partial charge in [-0.15, -0.1) is 0 Å². The van der Waals surface area contributed by atoms with Gasteiger partial charge < -0.3 is 10.2 Å². The zero-order valence-corrected chi connectivity index (χ0v) is 15.1. The summed E-state index contributed by atoms with van der Waals surface area (Å²) >= 11 is 0. The summed E-state index contributed by atoms with van der Waals surface area (Å²) in [4.78, 5) is 27.2. The normalized spacial score (nSPS) is 28.3. The van der Waals surface area contributed by atoms with Crippen LogP contribution in [-0.4, -0.2) is 29.8 Å². The zero-order chi connectivity index (χ0) is 18.1. The van der Waals surface area contributed by atoms with Crippen LogP contribution in [0.15, 0.2) is 24.3 Å². The molecule has 140 valence electrons. The number of hydrogen-bond acceptors (Lipinski definition) is 2. The van der Waals surface area contributed by atoms with Crippen molar-refractivity contribution in [1.29, 1.82) is 0 Å². The van der Waals surface area contributed by atoms with E-state index in [1.165, 1.54) is 31.4 Å². The minimum atomic E-state index is -0.271. The fourth-order valence-corrected chi connectivity index (χ4v) is 5.08. The Morgan fingerprint density at radius 3 is 2.38 bits per heavy atom. The van der Waals surface area contributed by atoms with Crippen LogP contribution in [0.4, 0.5) is 4.39 Å². The van der Waals surface area contributed by atoms with Crippen LogP contribution in [0.2, 0.25) is 0 Å². The van der Waals surface area contributed by atoms with Crippen LogP contribution in [0, 0.1) is 29.5 Å². The fourth-order valence-electron chi connectivity index (χ4n) is 5.08. The molecular formula is C21H27FN2O2. The highest BCUT2D eigenvalue weighted by atomic mass is 19.1. The molecule has 1 aromatic carbocycles. The van der Waals surface area contributed by atoms with Gasteiger partial charge in [0.05, 0.1) is 0 Å². The van der Waals surface area contributed by atoms with Gasteiger partial charge in [0, 0.05) is 31.5 Å². The van der Waals surface area contributed by atoms with Crippen LogP contribution < -0.4 is 5.32 Å². The number of amides is 2. The van der Waals surface area contributed by atoms with E-state index in [0.717, 1.165) is 30.7 Å². The SMILES string of the molecule is O=C(NCc1ccc(F)cc1)C1CCN(C(=O)[C@@H]2C[C@H]3CC[C@H]2C3)CC1. The standard InChI is InChI=1S/C21H27FN2O2/c22-18-5-2-14(3-6-18)13-23-20(25)16-7-9-24(10-8-16)21(26)19-12-15-1-4-17(19)11-15/h2-3,5-6,15-17,19H,1,4,7-13H2,(H,23,25)/t15-,17-,19+/m0/s1. The lowest BCUT2D eigenvalue weighted by molar-refractivity contribution is -0.140. The zero-order valence-electron chi connectivity index (χ0n) is 15.1. The van der Waals surface area contributed by atoms with E-state index in [1.807, 2.05) is 4.90 Å². The van der Waals surface area contributed by atoms with Gasteiger partial charge in [-0.3, -0.25) is 9.59 Å². The Labute approximate surface area is 154 Å². The van der Waals surface area contributed by atoms with E-state index in [9.17, 15) is 14.0 Å². The van der Waals surface area contributed by atoms with Gasteiger partial charge in [0.1, 0.15) is 5.82 Å². The number of nitrogens with zero attached hydrogens (tertiary/aromatic N) is 1. The third kappa shape index (κ3) is 3.62. The van der Waals surface area contributed by atoms with E-state index >= 15 is 0 Å². The first kappa shape index (κ1) is 17.5. The first-order chi connectivity index (χ1) is 12.6. The lowest BCUT2D eigenvalue weighted by atomic mass is 9.86. The maximum atomic E-state index is 12.9. The van der Waals surface area contributed by atoms with Crippen molar-refractivity contribution in [2.24, 2.45) is 23.7 Å². The molecule has 0 unspecified atom stereocenters. The van der Waals surface area contributed by atoms with Gasteiger partial charge in [0.25, 0.3) is 0 Å². The topological polar surface area (TPSA) is 49.4 Å². The van der Waals surface area contributed by atoms with Crippen LogP contribution in [0.5, 0.6) is 0 Å². The average Bonchev–Trinajstić information content (AvgIpc) is 3.30. The van der Waals surface area contributed by atoms with E-state index in [0.29, 0.717) is 31.5 Å². The Morgan fingerprint density at radius 1 is 1.04 bits per heavy atom. The molecule has 1 heterocycles. The van der Waals surface area contributed by atoms with E-state index in [-0.39, 0.29) is 23.6 Å². The van der Waals surface area contributed by atoms with Gasteiger partial charge >= 0.3 is 0 Å². The lowest BCUT2D eigenvalue weighted by Crippen LogP contribution is -2.45. The summed E-state index contributed by atoms with van der Waals surface area (Å²) in [6.45, 7) is 1.81. The number of halogens is 1. The molecule has 0 aromatic heterocycles. The molecule has 5 heteroatoms. The number of fused-ring (bicyclic) bond motifs is 2. The molecule has 2 saturated carbocycles. The smallest absolute Gasteiger partial charge is 0.225 e. The number of piperidine rings is 1. The van der Waals surface area contributed by atoms with Gasteiger partial charge in [0.15, 0.2) is 0 Å². The summed E-state index contributed by atoms with van der Waals surface area (Å²) in [7, 11) is 0. The molecule has 3 atom stereocenters. The molecule has 1 aliphatic heterocycles. The van der Waals surface area contributed by atoms with Crippen molar-refractivity contribution >= 4 is 11.8 Å². The maximum absolute atomic E-state index is 12.9. The molecule has 3 aliphatic rings. The number of benzene rings is 1. The summed E-state index contributed by atoms with van der Waals surface area (Å²) in [6.07, 6.45) is 6.35. The summed E-state index contributed by atoms with van der Waals surface area (Å²) in [6, 6.07) is 6.18. The quantitative estimate of drug-likeness (QED) is 0.899. The monoisotopic (exact) mass is 358 g/mol. The summed E-state index contributed by atoms with van der Waals surface area (Å²) in [5, 5.41) is 2.94. The van der Waals surface area contributed by atoms with Crippen molar-refractivity contribution in [2.75, 3.05) is 13.1 Å². The molecule has 1 N–H and O–H groups in total. The van der Waals surface area contributed by atoms with E-state index in [1.54, 1.807) is 12.1 Å². The highest BCUT2D eigenvalue weighted by molar-refractivity contribution is 5.81. The molecule has 2 aliphatic carbocycles. The van der Waals surface area contributed by atoms with Crippen molar-refractivity contribution in [3.05, 3.63) is 35.6 Å². The first-order valence-corrected chi connectivity index (χ1v) is 9.91. The molecule has 0 radical (unpaired) electrons. The molecule has 3 fully saturated rings. The van der Waals surface area contributed by atoms with E-state index in [4.69, 9.17) is 0 Å². The summed E-state index contributed by atoms with van der Waals surface area (Å²) < 4.78 is 12.9. The Kier molecular flexibility index (Phi) is 4.96. The second-order valence-corrected chi connectivity index (χ2v) is 8.23. The van der Waals surface area contributed by atoms with Crippen molar-refractivity contribution in [1.82, 2.24) is 10.2 Å². The van der Waals surface area contributed by atoms with Crippen molar-refractivity contribution in [2.45, 2.75) is 45.1 Å². The molecular weight excluding hydrogens is 331 g/mol. The first-order valence-electron chi connectivity index (χ1n) is 9.91. The molecule has 4 nitrogen and oxygen atoms in total. The minimum absolute atomic E-state index is 0.0282. The Balaban J connectivity index is 1.23. The molecule has 2 amide bonds. The maximum Gasteiger partial charge on any atom is 0.225 e. The van der Waals surface area contributed by atoms with Gasteiger partial charge in [-0.25, -0.2) is 4.39 Å². The predicted molar refractivity (Wildman–Crippen MR) is 96.5 cm³/mol. The van der Waals surface area contributed by atoms with Gasteiger partial charge in [-0.1, -0.05) is 18.6 Å². The van der Waals surface area contributed by atoms with E-state index in [2.05, 4.69) is 5.32 Å². The highest BCUT2D eigenvalue weighted by Crippen LogP contribution is 2.49. The third-order valence-electron chi connectivity index (χ3n) is 6.61. The summed E-state index contributed by atoms with van der Waals surface area (Å²) in [5.41, 5.74) is 0.892. The van der Waals surface area contributed by atoms with Gasteiger partial charge in [-0.05, 0) is 61.6 Å². The van der Waals surface area contributed by atoms with Crippen LogP contribution in [0.3, 0.4) is 0 Å². The van der Waals surface area contributed by atoms with Crippen molar-refractivity contribution < 1.29 is 14.0 Å². The largest absolute Gasteiger partial charge is 0.352 e. The Hall–Kier alpha value is -1.91. The van der Waals surface area contributed by atoms with Crippen LogP contribution in [0.25, 0.3) is 0 Å². The molecule has 2 bridgehead atoms. The van der Waals surface area contributed by atoms with Crippen molar-refractivity contribution in [3.8, 4) is 0 Å². The Morgan fingerprint density at radius 2 is 1.77 bits per heavy atom. The fraction of sp³-hybridized carbons (Fsp3) is 0.619. The van der Waals surface area contributed by atoms with Crippen LogP contribution >= 0.6 is 0 Å². The summed E-state index contributed by atoms with van der Waals surface area (Å²) in [5.74, 6) is 1.72. The predicted octanol–water partition coefficient (Wildman–Crippen LogP) is 3.12. The highest BCUT2D eigenvalue weighted by Gasteiger charge is 2.44. The minimum Gasteiger partial charge on any atom is -0.352 e. The molecule has 1 aromatic rings. The van der Waals surface area contributed by atoms with Gasteiger partial charge in [0.2, 0.25) is 11.8 Å². The number of nitrogens with one attached hydrogen (secondary N) is 1. The number of hydrogen-bond donors (Lipinski definition) is 1. The molecule has 4 rings (SSSR count). The molecule has 26 heavy (non-hydrogen) atoms. The molecule has 0 spiro atoms. The number of carbonyl (C=O) groups excluding carboxylic acids is 2. The number of rotatable bonds is 4. The van der Waals surface area contributed by atoms with E-state index < -0.39 is 0 Å². The average molecular weight is 358 g/mol. The van der Waals surface area contributed by atoms with Crippen LogP contribution in [0.1, 0.15) is 44.1 Å². The second-order valence-electron chi connectivity index (χ2n) is 8.23. The van der Waals surface area contributed by atoms with Crippen molar-refractivity contribution in [3.63, 3.8) is 0 Å². The van der Waals surface area contributed by atoms with Gasteiger partial charge in [-0.2, -0.15) is 0 Å². The number of carbonyl (C=O) groups is 2. The third-order valence-corrected chi connectivity index (χ3v) is 6.61.